The van der Waals surface area contributed by atoms with Gasteiger partial charge in [0.05, 0.1) is 6.10 Å². The summed E-state index contributed by atoms with van der Waals surface area (Å²) in [4.78, 5) is 15.9. The molecular formula is C12H15NO2. The summed E-state index contributed by atoms with van der Waals surface area (Å²) >= 11 is 0. The van der Waals surface area contributed by atoms with Gasteiger partial charge in [0.2, 0.25) is 0 Å². The predicted octanol–water partition coefficient (Wildman–Crippen LogP) is 2.14. The molecule has 1 aromatic rings. The van der Waals surface area contributed by atoms with Gasteiger partial charge in [0.25, 0.3) is 0 Å². The van der Waals surface area contributed by atoms with Crippen LogP contribution >= 0.6 is 0 Å². The molecule has 15 heavy (non-hydrogen) atoms. The molecule has 1 aliphatic rings. The van der Waals surface area contributed by atoms with Crippen LogP contribution in [-0.2, 0) is 4.74 Å². The molecule has 0 amide bonds. The van der Waals surface area contributed by atoms with Crippen LogP contribution in [0.3, 0.4) is 0 Å². The van der Waals surface area contributed by atoms with Crippen LogP contribution in [0.2, 0.25) is 0 Å². The highest BCUT2D eigenvalue weighted by Crippen LogP contribution is 2.18. The van der Waals surface area contributed by atoms with E-state index in [-0.39, 0.29) is 11.9 Å². The predicted molar refractivity (Wildman–Crippen MR) is 56.9 cm³/mol. The first-order chi connectivity index (χ1) is 7.27. The SMILES string of the molecule is Cc1ccncc1C(=O)CC1CCCO1. The van der Waals surface area contributed by atoms with Gasteiger partial charge in [-0.1, -0.05) is 0 Å². The van der Waals surface area contributed by atoms with Crippen molar-refractivity contribution in [1.82, 2.24) is 4.98 Å². The van der Waals surface area contributed by atoms with Crippen molar-refractivity contribution in [2.75, 3.05) is 6.61 Å². The number of hydrogen-bond donors (Lipinski definition) is 0. The van der Waals surface area contributed by atoms with Crippen molar-refractivity contribution >= 4 is 5.78 Å². The molecule has 80 valence electrons. The van der Waals surface area contributed by atoms with Crippen LogP contribution < -0.4 is 0 Å². The molecule has 1 fully saturated rings. The van der Waals surface area contributed by atoms with Crippen LogP contribution in [-0.4, -0.2) is 23.5 Å². The summed E-state index contributed by atoms with van der Waals surface area (Å²) in [5, 5.41) is 0. The number of ketones is 1. The Bertz CT molecular complexity index is 356. The molecule has 0 aliphatic carbocycles. The van der Waals surface area contributed by atoms with E-state index in [0.717, 1.165) is 30.6 Å². The van der Waals surface area contributed by atoms with Crippen molar-refractivity contribution in [2.24, 2.45) is 0 Å². The summed E-state index contributed by atoms with van der Waals surface area (Å²) in [7, 11) is 0. The summed E-state index contributed by atoms with van der Waals surface area (Å²) in [5.74, 6) is 0.146. The molecule has 3 heteroatoms. The van der Waals surface area contributed by atoms with E-state index >= 15 is 0 Å². The molecule has 0 bridgehead atoms. The largest absolute Gasteiger partial charge is 0.378 e. The number of carbonyl (C=O) groups is 1. The molecule has 1 saturated heterocycles. The van der Waals surface area contributed by atoms with Gasteiger partial charge >= 0.3 is 0 Å². The van der Waals surface area contributed by atoms with Gasteiger partial charge in [0.1, 0.15) is 0 Å². The Hall–Kier alpha value is -1.22. The first-order valence-corrected chi connectivity index (χ1v) is 5.33. The molecule has 1 atom stereocenters. The smallest absolute Gasteiger partial charge is 0.167 e. The Kier molecular flexibility index (Phi) is 3.11. The van der Waals surface area contributed by atoms with Crippen molar-refractivity contribution in [3.05, 3.63) is 29.6 Å². The first kappa shape index (κ1) is 10.3. The molecule has 1 unspecified atom stereocenters. The Morgan fingerprint density at radius 2 is 2.53 bits per heavy atom. The van der Waals surface area contributed by atoms with Gasteiger partial charge in [0, 0.05) is 31.0 Å². The average Bonchev–Trinajstić information content (AvgIpc) is 2.71. The molecule has 0 radical (unpaired) electrons. The van der Waals surface area contributed by atoms with Gasteiger partial charge in [-0.05, 0) is 31.4 Å². The summed E-state index contributed by atoms with van der Waals surface area (Å²) in [6, 6.07) is 1.86. The zero-order valence-corrected chi connectivity index (χ0v) is 8.90. The molecule has 1 aromatic heterocycles. The van der Waals surface area contributed by atoms with Gasteiger partial charge in [0.15, 0.2) is 5.78 Å². The van der Waals surface area contributed by atoms with Crippen molar-refractivity contribution in [3.8, 4) is 0 Å². The standard InChI is InChI=1S/C12H15NO2/c1-9-4-5-13-8-11(9)12(14)7-10-3-2-6-15-10/h4-5,8,10H,2-3,6-7H2,1H3. The van der Waals surface area contributed by atoms with E-state index in [1.807, 2.05) is 13.0 Å². The van der Waals surface area contributed by atoms with E-state index in [9.17, 15) is 4.79 Å². The van der Waals surface area contributed by atoms with Crippen LogP contribution in [0.4, 0.5) is 0 Å². The molecule has 2 rings (SSSR count). The minimum Gasteiger partial charge on any atom is -0.378 e. The molecule has 0 spiro atoms. The Labute approximate surface area is 89.5 Å². The van der Waals surface area contributed by atoms with Crippen LogP contribution in [0.15, 0.2) is 18.5 Å². The second-order valence-electron chi connectivity index (χ2n) is 3.95. The molecule has 1 aliphatic heterocycles. The van der Waals surface area contributed by atoms with E-state index < -0.39 is 0 Å². The van der Waals surface area contributed by atoms with Gasteiger partial charge in [-0.25, -0.2) is 0 Å². The number of nitrogens with zero attached hydrogens (tertiary/aromatic N) is 1. The van der Waals surface area contributed by atoms with Crippen molar-refractivity contribution in [2.45, 2.75) is 32.3 Å². The third kappa shape index (κ3) is 2.42. The maximum absolute atomic E-state index is 11.9. The Morgan fingerprint density at radius 3 is 3.20 bits per heavy atom. The first-order valence-electron chi connectivity index (χ1n) is 5.33. The minimum absolute atomic E-state index is 0.122. The zero-order chi connectivity index (χ0) is 10.7. The highest BCUT2D eigenvalue weighted by Gasteiger charge is 2.20. The van der Waals surface area contributed by atoms with Gasteiger partial charge in [-0.15, -0.1) is 0 Å². The molecule has 3 nitrogen and oxygen atoms in total. The highest BCUT2D eigenvalue weighted by atomic mass is 16.5. The van der Waals surface area contributed by atoms with E-state index in [1.54, 1.807) is 12.4 Å². The van der Waals surface area contributed by atoms with E-state index in [2.05, 4.69) is 4.98 Å². The van der Waals surface area contributed by atoms with E-state index in [0.29, 0.717) is 6.42 Å². The minimum atomic E-state index is 0.122. The monoisotopic (exact) mass is 205 g/mol. The summed E-state index contributed by atoms with van der Waals surface area (Å²) < 4.78 is 5.44. The second kappa shape index (κ2) is 4.53. The maximum atomic E-state index is 11.9. The fourth-order valence-electron chi connectivity index (χ4n) is 1.88. The number of ether oxygens (including phenoxy) is 1. The van der Waals surface area contributed by atoms with Gasteiger partial charge in [-0.3, -0.25) is 9.78 Å². The number of aromatic nitrogens is 1. The fourth-order valence-corrected chi connectivity index (χ4v) is 1.88. The third-order valence-electron chi connectivity index (χ3n) is 2.78. The van der Waals surface area contributed by atoms with E-state index in [1.165, 1.54) is 0 Å². The van der Waals surface area contributed by atoms with E-state index in [4.69, 9.17) is 4.74 Å². The highest BCUT2D eigenvalue weighted by molar-refractivity contribution is 5.97. The van der Waals surface area contributed by atoms with Crippen molar-refractivity contribution in [3.63, 3.8) is 0 Å². The molecule has 0 aromatic carbocycles. The second-order valence-corrected chi connectivity index (χ2v) is 3.95. The summed E-state index contributed by atoms with van der Waals surface area (Å²) in [6.07, 6.45) is 6.05. The number of aryl methyl sites for hydroxylation is 1. The lowest BCUT2D eigenvalue weighted by Crippen LogP contribution is -2.13. The lowest BCUT2D eigenvalue weighted by atomic mass is 10.0. The Balaban J connectivity index is 2.04. The molecule has 0 saturated carbocycles. The topological polar surface area (TPSA) is 39.2 Å². The average molecular weight is 205 g/mol. The molecule has 2 heterocycles. The zero-order valence-electron chi connectivity index (χ0n) is 8.90. The molecular weight excluding hydrogens is 190 g/mol. The normalized spacial score (nSPS) is 20.5. The van der Waals surface area contributed by atoms with Crippen LogP contribution in [0, 0.1) is 6.92 Å². The summed E-state index contributed by atoms with van der Waals surface area (Å²) in [5.41, 5.74) is 1.72. The third-order valence-corrected chi connectivity index (χ3v) is 2.78. The van der Waals surface area contributed by atoms with Crippen LogP contribution in [0.5, 0.6) is 0 Å². The Morgan fingerprint density at radius 1 is 1.67 bits per heavy atom. The fraction of sp³-hybridized carbons (Fsp3) is 0.500. The maximum Gasteiger partial charge on any atom is 0.167 e. The van der Waals surface area contributed by atoms with Crippen LogP contribution in [0.1, 0.15) is 35.2 Å². The van der Waals surface area contributed by atoms with Crippen molar-refractivity contribution in [1.29, 1.82) is 0 Å². The van der Waals surface area contributed by atoms with Gasteiger partial charge in [-0.2, -0.15) is 0 Å². The van der Waals surface area contributed by atoms with Gasteiger partial charge < -0.3 is 4.74 Å². The number of carbonyl (C=O) groups excluding carboxylic acids is 1. The van der Waals surface area contributed by atoms with Crippen LogP contribution in [0.25, 0.3) is 0 Å². The number of Topliss-reactive ketones (excluding diaryl/α,β-unsaturated/α-hetero) is 1. The van der Waals surface area contributed by atoms with Crippen molar-refractivity contribution < 1.29 is 9.53 Å². The lowest BCUT2D eigenvalue weighted by Gasteiger charge is -2.09. The number of hydrogen-bond acceptors (Lipinski definition) is 3. The lowest BCUT2D eigenvalue weighted by molar-refractivity contribution is 0.0775. The molecule has 0 N–H and O–H groups in total. The number of pyridine rings is 1. The quantitative estimate of drug-likeness (QED) is 0.710. The summed E-state index contributed by atoms with van der Waals surface area (Å²) in [6.45, 7) is 2.73. The number of rotatable bonds is 3.